The first-order valence-corrected chi connectivity index (χ1v) is 10.4. The second-order valence-corrected chi connectivity index (χ2v) is 7.89. The molecular weight excluding hydrogens is 463 g/mol. The molecule has 0 amide bonds. The normalized spacial score (nSPS) is 14.3. The molecule has 1 N–H and O–H groups in total. The Bertz CT molecular complexity index is 590. The summed E-state index contributed by atoms with van der Waals surface area (Å²) >= 11 is 0. The molecule has 0 aliphatic heterocycles. The number of halogens is 1. The molecule has 0 spiro atoms. The molecule has 1 aliphatic carbocycles. The lowest BCUT2D eigenvalue weighted by Gasteiger charge is -2.23. The highest BCUT2D eigenvalue weighted by Crippen LogP contribution is 2.28. The van der Waals surface area contributed by atoms with E-state index in [2.05, 4.69) is 74.2 Å². The van der Waals surface area contributed by atoms with E-state index in [1.807, 2.05) is 0 Å². The lowest BCUT2D eigenvalue weighted by atomic mass is 10.1. The van der Waals surface area contributed by atoms with Crippen molar-refractivity contribution in [1.29, 1.82) is 0 Å². The summed E-state index contributed by atoms with van der Waals surface area (Å²) < 4.78 is 5.77. The van der Waals surface area contributed by atoms with Gasteiger partial charge < -0.3 is 15.0 Å². The van der Waals surface area contributed by atoms with E-state index in [4.69, 9.17) is 9.73 Å². The van der Waals surface area contributed by atoms with Crippen LogP contribution in [0, 0.1) is 5.92 Å². The predicted octanol–water partition coefficient (Wildman–Crippen LogP) is 3.97. The van der Waals surface area contributed by atoms with E-state index >= 15 is 0 Å². The van der Waals surface area contributed by atoms with Gasteiger partial charge in [-0.05, 0) is 57.7 Å². The van der Waals surface area contributed by atoms with E-state index in [0.29, 0.717) is 12.6 Å². The fraction of sp³-hybridized carbons (Fsp3) is 0.682. The zero-order valence-corrected chi connectivity index (χ0v) is 20.6. The maximum atomic E-state index is 5.77. The molecule has 0 unspecified atom stereocenters. The monoisotopic (exact) mass is 502 g/mol. The molecule has 28 heavy (non-hydrogen) atoms. The second-order valence-electron chi connectivity index (χ2n) is 7.89. The molecular formula is C22H39IN4O. The summed E-state index contributed by atoms with van der Waals surface area (Å²) in [5.74, 6) is 1.76. The lowest BCUT2D eigenvalue weighted by Crippen LogP contribution is -2.40. The number of rotatable bonds is 11. The Morgan fingerprint density at radius 3 is 2.50 bits per heavy atom. The van der Waals surface area contributed by atoms with Crippen LogP contribution in [0.3, 0.4) is 0 Å². The van der Waals surface area contributed by atoms with Crippen LogP contribution in [0.15, 0.2) is 29.3 Å². The topological polar surface area (TPSA) is 40.1 Å². The van der Waals surface area contributed by atoms with Gasteiger partial charge in [-0.1, -0.05) is 24.3 Å². The van der Waals surface area contributed by atoms with Crippen LogP contribution in [-0.4, -0.2) is 62.2 Å². The van der Waals surface area contributed by atoms with Crippen LogP contribution in [0.1, 0.15) is 44.7 Å². The fourth-order valence-electron chi connectivity index (χ4n) is 2.79. The first-order valence-electron chi connectivity index (χ1n) is 10.4. The molecule has 0 saturated heterocycles. The maximum Gasteiger partial charge on any atom is 0.194 e. The third-order valence-corrected chi connectivity index (χ3v) is 5.14. The number of nitrogens with one attached hydrogen (secondary N) is 1. The Balaban J connectivity index is 0.00000392. The summed E-state index contributed by atoms with van der Waals surface area (Å²) in [7, 11) is 4.25. The van der Waals surface area contributed by atoms with E-state index in [1.165, 1.54) is 24.0 Å². The van der Waals surface area contributed by atoms with Crippen molar-refractivity contribution in [2.45, 2.75) is 52.7 Å². The Morgan fingerprint density at radius 1 is 1.21 bits per heavy atom. The fourth-order valence-corrected chi connectivity index (χ4v) is 2.79. The number of likely N-dealkylation sites (N-methyl/N-ethyl adjacent to an activating group) is 1. The molecule has 0 heterocycles. The third kappa shape index (κ3) is 9.09. The number of benzene rings is 1. The number of hydrogen-bond acceptors (Lipinski definition) is 3. The van der Waals surface area contributed by atoms with Crippen molar-refractivity contribution < 1.29 is 4.74 Å². The van der Waals surface area contributed by atoms with Crippen molar-refractivity contribution in [2.24, 2.45) is 10.9 Å². The van der Waals surface area contributed by atoms with E-state index in [1.54, 1.807) is 0 Å². The van der Waals surface area contributed by atoms with Crippen molar-refractivity contribution in [3.8, 4) is 0 Å². The van der Waals surface area contributed by atoms with Crippen LogP contribution in [0.2, 0.25) is 0 Å². The van der Waals surface area contributed by atoms with E-state index < -0.39 is 0 Å². The predicted molar refractivity (Wildman–Crippen MR) is 129 cm³/mol. The molecule has 0 radical (unpaired) electrons. The first-order chi connectivity index (χ1) is 13.0. The molecule has 6 heteroatoms. The molecule has 0 atom stereocenters. The van der Waals surface area contributed by atoms with Crippen LogP contribution >= 0.6 is 24.0 Å². The highest BCUT2D eigenvalue weighted by atomic mass is 127. The molecule has 160 valence electrons. The molecule has 1 aromatic rings. The summed E-state index contributed by atoms with van der Waals surface area (Å²) in [5, 5.41) is 3.40. The molecule has 1 saturated carbocycles. The molecule has 1 aromatic carbocycles. The van der Waals surface area contributed by atoms with E-state index in [-0.39, 0.29) is 24.0 Å². The second kappa shape index (κ2) is 13.4. The van der Waals surface area contributed by atoms with E-state index in [0.717, 1.165) is 44.7 Å². The van der Waals surface area contributed by atoms with Crippen molar-refractivity contribution in [2.75, 3.05) is 40.4 Å². The summed E-state index contributed by atoms with van der Waals surface area (Å²) in [4.78, 5) is 9.40. The highest BCUT2D eigenvalue weighted by Gasteiger charge is 2.21. The summed E-state index contributed by atoms with van der Waals surface area (Å²) in [6, 6.07) is 9.15. The van der Waals surface area contributed by atoms with Crippen LogP contribution in [-0.2, 0) is 17.8 Å². The molecule has 2 rings (SSSR count). The summed E-state index contributed by atoms with van der Waals surface area (Å²) in [6.45, 7) is 11.6. The van der Waals surface area contributed by atoms with Crippen LogP contribution in [0.25, 0.3) is 0 Å². The van der Waals surface area contributed by atoms with Crippen molar-refractivity contribution in [3.63, 3.8) is 0 Å². The first kappa shape index (κ1) is 25.2. The molecule has 5 nitrogen and oxygen atoms in total. The minimum Gasteiger partial charge on any atom is -0.379 e. The van der Waals surface area contributed by atoms with Crippen LogP contribution in [0.5, 0.6) is 0 Å². The Hall–Kier alpha value is -0.860. The number of aliphatic imine (C=N–C) groups is 1. The Labute approximate surface area is 188 Å². The summed E-state index contributed by atoms with van der Waals surface area (Å²) in [5.41, 5.74) is 2.64. The van der Waals surface area contributed by atoms with Crippen molar-refractivity contribution >= 4 is 29.9 Å². The zero-order valence-electron chi connectivity index (χ0n) is 18.3. The number of nitrogens with zero attached hydrogens (tertiary/aromatic N) is 3. The zero-order chi connectivity index (χ0) is 19.6. The van der Waals surface area contributed by atoms with Gasteiger partial charge in [-0.2, -0.15) is 0 Å². The molecule has 0 aromatic heterocycles. The largest absolute Gasteiger partial charge is 0.379 e. The van der Waals surface area contributed by atoms with Gasteiger partial charge in [0.1, 0.15) is 0 Å². The van der Waals surface area contributed by atoms with Crippen molar-refractivity contribution in [3.05, 3.63) is 35.4 Å². The Kier molecular flexibility index (Phi) is 12.0. The number of ether oxygens (including phenoxy) is 1. The van der Waals surface area contributed by atoms with Crippen LogP contribution < -0.4 is 5.32 Å². The average molecular weight is 502 g/mol. The van der Waals surface area contributed by atoms with Gasteiger partial charge in [-0.15, -0.1) is 24.0 Å². The van der Waals surface area contributed by atoms with Crippen molar-refractivity contribution in [1.82, 2.24) is 15.1 Å². The average Bonchev–Trinajstić information content (AvgIpc) is 3.47. The molecule has 0 bridgehead atoms. The van der Waals surface area contributed by atoms with Gasteiger partial charge >= 0.3 is 0 Å². The van der Waals surface area contributed by atoms with Gasteiger partial charge in [0, 0.05) is 39.3 Å². The SMILES string of the molecule is CCNC(=NCc1ccccc1CN(C)C(C)C)N(C)CCOCC1CC1.I. The highest BCUT2D eigenvalue weighted by molar-refractivity contribution is 14.0. The van der Waals surface area contributed by atoms with Gasteiger partial charge in [0.25, 0.3) is 0 Å². The lowest BCUT2D eigenvalue weighted by molar-refractivity contribution is 0.115. The Morgan fingerprint density at radius 2 is 1.89 bits per heavy atom. The summed E-state index contributed by atoms with van der Waals surface area (Å²) in [6.07, 6.45) is 2.68. The van der Waals surface area contributed by atoms with Gasteiger partial charge in [-0.25, -0.2) is 4.99 Å². The smallest absolute Gasteiger partial charge is 0.194 e. The molecule has 1 aliphatic rings. The molecule has 1 fully saturated rings. The quantitative estimate of drug-likeness (QED) is 0.215. The number of hydrogen-bond donors (Lipinski definition) is 1. The minimum absolute atomic E-state index is 0. The minimum atomic E-state index is 0. The number of guanidine groups is 1. The van der Waals surface area contributed by atoms with E-state index in [9.17, 15) is 0 Å². The maximum absolute atomic E-state index is 5.77. The van der Waals surface area contributed by atoms with Gasteiger partial charge in [-0.3, -0.25) is 4.90 Å². The third-order valence-electron chi connectivity index (χ3n) is 5.14. The van der Waals surface area contributed by atoms with Crippen LogP contribution in [0.4, 0.5) is 0 Å². The standard InChI is InChI=1S/C22H38N4O.HI/c1-6-23-22(25(4)13-14-27-17-19-11-12-19)24-15-20-9-7-8-10-21(20)16-26(5)18(2)3;/h7-10,18-19H,6,11-17H2,1-5H3,(H,23,24);1H. The van der Waals surface area contributed by atoms with Gasteiger partial charge in [0.05, 0.1) is 13.2 Å². The van der Waals surface area contributed by atoms with Gasteiger partial charge in [0.15, 0.2) is 5.96 Å². The van der Waals surface area contributed by atoms with Gasteiger partial charge in [0.2, 0.25) is 0 Å².